The van der Waals surface area contributed by atoms with Crippen LogP contribution in [0.3, 0.4) is 0 Å². The molecule has 1 aliphatic heterocycles. The highest BCUT2D eigenvalue weighted by Gasteiger charge is 2.38. The van der Waals surface area contributed by atoms with Crippen molar-refractivity contribution in [3.05, 3.63) is 0 Å². The number of nitriles is 1. The fourth-order valence-electron chi connectivity index (χ4n) is 1.28. The predicted octanol–water partition coefficient (Wildman–Crippen LogP) is 1.71. The number of hydrogen-bond donors (Lipinski definition) is 0. The zero-order valence-electron chi connectivity index (χ0n) is 9.16. The van der Waals surface area contributed by atoms with E-state index in [4.69, 9.17) is 10.00 Å². The lowest BCUT2D eigenvalue weighted by Gasteiger charge is -2.39. The van der Waals surface area contributed by atoms with E-state index in [1.54, 1.807) is 20.8 Å². The van der Waals surface area contributed by atoms with E-state index in [1.165, 1.54) is 11.0 Å². The zero-order chi connectivity index (χ0) is 11.6. The van der Waals surface area contributed by atoms with E-state index < -0.39 is 17.9 Å². The van der Waals surface area contributed by atoms with E-state index >= 15 is 0 Å². The van der Waals surface area contributed by atoms with Gasteiger partial charge in [0.05, 0.1) is 0 Å². The lowest BCUT2D eigenvalue weighted by molar-refractivity contribution is -0.00942. The maximum atomic E-state index is 12.8. The van der Waals surface area contributed by atoms with Crippen molar-refractivity contribution in [2.75, 3.05) is 13.1 Å². The molecule has 0 N–H and O–H groups in total. The van der Waals surface area contributed by atoms with Crippen LogP contribution in [0, 0.1) is 17.2 Å². The van der Waals surface area contributed by atoms with Gasteiger partial charge in [0.15, 0.2) is 6.17 Å². The second-order valence-corrected chi connectivity index (χ2v) is 4.68. The highest BCUT2D eigenvalue weighted by Crippen LogP contribution is 2.23. The van der Waals surface area contributed by atoms with Gasteiger partial charge in [0.1, 0.15) is 11.7 Å². The van der Waals surface area contributed by atoms with Gasteiger partial charge in [-0.25, -0.2) is 9.18 Å². The Kier molecular flexibility index (Phi) is 3.18. The first-order valence-corrected chi connectivity index (χ1v) is 4.85. The lowest BCUT2D eigenvalue weighted by Crippen LogP contribution is -2.54. The van der Waals surface area contributed by atoms with E-state index in [1.807, 2.05) is 0 Å². The minimum absolute atomic E-state index is 0.267. The molecule has 1 fully saturated rings. The Bertz CT molecular complexity index is 287. The molecule has 0 saturated carbocycles. The van der Waals surface area contributed by atoms with Crippen molar-refractivity contribution in [3.63, 3.8) is 0 Å². The molecule has 1 heterocycles. The molecule has 1 amide bonds. The number of alkyl halides is 1. The molecule has 0 bridgehead atoms. The number of halogens is 1. The van der Waals surface area contributed by atoms with Gasteiger partial charge in [-0.1, -0.05) is 0 Å². The summed E-state index contributed by atoms with van der Waals surface area (Å²) in [5.74, 6) is -0.359. The molecular formula is C10H15FN2O2. The lowest BCUT2D eigenvalue weighted by atomic mass is 9.96. The first-order valence-electron chi connectivity index (χ1n) is 4.85. The number of nitrogens with zero attached hydrogens (tertiary/aromatic N) is 2. The molecule has 1 saturated heterocycles. The molecule has 0 radical (unpaired) electrons. The highest BCUT2D eigenvalue weighted by atomic mass is 19.1. The van der Waals surface area contributed by atoms with Gasteiger partial charge in [-0.15, -0.1) is 0 Å². The molecule has 84 valence electrons. The molecule has 1 unspecified atom stereocenters. The van der Waals surface area contributed by atoms with Crippen LogP contribution in [0.2, 0.25) is 0 Å². The SMILES string of the molecule is CC(C)(C)OC(=O)N1CC(C(F)C#N)C1. The summed E-state index contributed by atoms with van der Waals surface area (Å²) in [5, 5.41) is 8.32. The molecule has 1 atom stereocenters. The normalized spacial score (nSPS) is 19.0. The van der Waals surface area contributed by atoms with Crippen molar-refractivity contribution in [2.45, 2.75) is 32.5 Å². The number of carbonyl (C=O) groups excluding carboxylic acids is 1. The van der Waals surface area contributed by atoms with E-state index in [9.17, 15) is 9.18 Å². The molecule has 0 aromatic heterocycles. The van der Waals surface area contributed by atoms with Gasteiger partial charge in [-0.3, -0.25) is 0 Å². The van der Waals surface area contributed by atoms with Crippen molar-refractivity contribution in [1.29, 1.82) is 5.26 Å². The number of carbonyl (C=O) groups is 1. The third-order valence-corrected chi connectivity index (χ3v) is 2.10. The summed E-state index contributed by atoms with van der Waals surface area (Å²) in [4.78, 5) is 12.8. The number of hydrogen-bond acceptors (Lipinski definition) is 3. The zero-order valence-corrected chi connectivity index (χ0v) is 9.16. The van der Waals surface area contributed by atoms with Crippen molar-refractivity contribution >= 4 is 6.09 Å². The van der Waals surface area contributed by atoms with Crippen LogP contribution in [0.25, 0.3) is 0 Å². The molecule has 0 spiro atoms. The van der Waals surface area contributed by atoms with Gasteiger partial charge in [-0.05, 0) is 20.8 Å². The largest absolute Gasteiger partial charge is 0.444 e. The van der Waals surface area contributed by atoms with Gasteiger partial charge in [0, 0.05) is 19.0 Å². The van der Waals surface area contributed by atoms with E-state index in [-0.39, 0.29) is 19.0 Å². The third kappa shape index (κ3) is 3.08. The van der Waals surface area contributed by atoms with E-state index in [0.29, 0.717) is 0 Å². The highest BCUT2D eigenvalue weighted by molar-refractivity contribution is 5.69. The van der Waals surface area contributed by atoms with Crippen LogP contribution in [0.15, 0.2) is 0 Å². The summed E-state index contributed by atoms with van der Waals surface area (Å²) < 4.78 is 17.9. The molecule has 1 rings (SSSR count). The van der Waals surface area contributed by atoms with Crippen molar-refractivity contribution in [3.8, 4) is 6.07 Å². The first-order chi connectivity index (χ1) is 6.83. The Morgan fingerprint density at radius 1 is 1.60 bits per heavy atom. The second-order valence-electron chi connectivity index (χ2n) is 4.68. The number of likely N-dealkylation sites (tertiary alicyclic amines) is 1. The quantitative estimate of drug-likeness (QED) is 0.667. The molecule has 0 aliphatic carbocycles. The molecule has 0 aromatic carbocycles. The summed E-state index contributed by atoms with van der Waals surface area (Å²) >= 11 is 0. The second kappa shape index (κ2) is 4.05. The Hall–Kier alpha value is -1.31. The maximum absolute atomic E-state index is 12.8. The molecule has 0 aromatic rings. The molecule has 1 aliphatic rings. The predicted molar refractivity (Wildman–Crippen MR) is 51.8 cm³/mol. The Morgan fingerprint density at radius 3 is 2.53 bits per heavy atom. The van der Waals surface area contributed by atoms with Crippen molar-refractivity contribution < 1.29 is 13.9 Å². The number of amides is 1. The maximum Gasteiger partial charge on any atom is 0.410 e. The summed E-state index contributed by atoms with van der Waals surface area (Å²) in [6.07, 6.45) is -1.92. The van der Waals surface area contributed by atoms with Gasteiger partial charge in [-0.2, -0.15) is 5.26 Å². The summed E-state index contributed by atoms with van der Waals surface area (Å²) in [6, 6.07) is 1.53. The van der Waals surface area contributed by atoms with Gasteiger partial charge in [0.25, 0.3) is 0 Å². The fourth-order valence-corrected chi connectivity index (χ4v) is 1.28. The van der Waals surface area contributed by atoms with E-state index in [0.717, 1.165) is 0 Å². The van der Waals surface area contributed by atoms with Gasteiger partial charge >= 0.3 is 6.09 Å². The van der Waals surface area contributed by atoms with Gasteiger partial charge < -0.3 is 9.64 Å². The van der Waals surface area contributed by atoms with Crippen LogP contribution < -0.4 is 0 Å². The third-order valence-electron chi connectivity index (χ3n) is 2.10. The smallest absolute Gasteiger partial charge is 0.410 e. The minimum atomic E-state index is -1.48. The monoisotopic (exact) mass is 214 g/mol. The topological polar surface area (TPSA) is 53.3 Å². The number of rotatable bonds is 1. The fraction of sp³-hybridized carbons (Fsp3) is 0.800. The molecular weight excluding hydrogens is 199 g/mol. The van der Waals surface area contributed by atoms with Crippen LogP contribution in [0.5, 0.6) is 0 Å². The molecule has 15 heavy (non-hydrogen) atoms. The summed E-state index contributed by atoms with van der Waals surface area (Å²) in [5.41, 5.74) is -0.535. The number of ether oxygens (including phenoxy) is 1. The Morgan fingerprint density at radius 2 is 2.13 bits per heavy atom. The molecule has 4 nitrogen and oxygen atoms in total. The van der Waals surface area contributed by atoms with Crippen LogP contribution in [-0.2, 0) is 4.74 Å². The Balaban J connectivity index is 2.34. The average Bonchev–Trinajstić information content (AvgIpc) is 1.97. The van der Waals surface area contributed by atoms with E-state index in [2.05, 4.69) is 0 Å². The van der Waals surface area contributed by atoms with Crippen LogP contribution in [0.4, 0.5) is 9.18 Å². The van der Waals surface area contributed by atoms with Crippen molar-refractivity contribution in [1.82, 2.24) is 4.90 Å². The first kappa shape index (κ1) is 11.8. The van der Waals surface area contributed by atoms with Crippen LogP contribution in [0.1, 0.15) is 20.8 Å². The minimum Gasteiger partial charge on any atom is -0.444 e. The van der Waals surface area contributed by atoms with Crippen molar-refractivity contribution in [2.24, 2.45) is 5.92 Å². The van der Waals surface area contributed by atoms with Crippen LogP contribution in [-0.4, -0.2) is 35.9 Å². The standard InChI is InChI=1S/C10H15FN2O2/c1-10(2,3)15-9(14)13-5-7(6-13)8(11)4-12/h7-8H,5-6H2,1-3H3. The summed E-state index contributed by atoms with van der Waals surface area (Å²) in [6.45, 7) is 5.85. The molecule has 5 heteroatoms. The average molecular weight is 214 g/mol. The van der Waals surface area contributed by atoms with Gasteiger partial charge in [0.2, 0.25) is 0 Å². The summed E-state index contributed by atoms with van der Waals surface area (Å²) in [7, 11) is 0. The Labute approximate surface area is 88.6 Å². The van der Waals surface area contributed by atoms with Crippen LogP contribution >= 0.6 is 0 Å².